The molecule has 0 unspecified atom stereocenters. The van der Waals surface area contributed by atoms with Crippen LogP contribution in [-0.2, 0) is 15.6 Å². The number of carbonyl (C=O) groups excluding carboxylic acids is 1. The van der Waals surface area contributed by atoms with Gasteiger partial charge in [0.25, 0.3) is 0 Å². The van der Waals surface area contributed by atoms with Crippen LogP contribution in [0.4, 0.5) is 4.79 Å². The van der Waals surface area contributed by atoms with Crippen molar-refractivity contribution < 1.29 is 36.7 Å². The Kier molecular flexibility index (Phi) is 10.5. The van der Waals surface area contributed by atoms with Crippen LogP contribution >= 0.6 is 8.24 Å². The van der Waals surface area contributed by atoms with Crippen molar-refractivity contribution in [3.63, 3.8) is 0 Å². The van der Waals surface area contributed by atoms with Crippen molar-refractivity contribution in [1.82, 2.24) is 0 Å². The first-order valence-electron chi connectivity index (χ1n) is 17.5. The zero-order chi connectivity index (χ0) is 38.5. The first kappa shape index (κ1) is 38.7. The fourth-order valence-electron chi connectivity index (χ4n) is 6.35. The van der Waals surface area contributed by atoms with Gasteiger partial charge in [-0.15, -0.1) is 0 Å². The molecule has 0 bridgehead atoms. The summed E-state index contributed by atoms with van der Waals surface area (Å²) in [4.78, 5) is 13.4. The van der Waals surface area contributed by atoms with Gasteiger partial charge in [-0.1, -0.05) is 53.7 Å². The van der Waals surface area contributed by atoms with E-state index in [-0.39, 0.29) is 0 Å². The highest BCUT2D eigenvalue weighted by Gasteiger charge is 2.32. The van der Waals surface area contributed by atoms with E-state index in [9.17, 15) is 4.79 Å². The Balaban J connectivity index is 1.92. The topological polar surface area (TPSA) is 89.5 Å². The van der Waals surface area contributed by atoms with Gasteiger partial charge in [-0.3, -0.25) is 0 Å². The lowest BCUT2D eigenvalue weighted by molar-refractivity contribution is 0.0204. The van der Waals surface area contributed by atoms with E-state index in [1.807, 2.05) is 38.1 Å². The zero-order valence-electron chi connectivity index (χ0n) is 33.3. The molecule has 1 heterocycles. The van der Waals surface area contributed by atoms with Crippen LogP contribution in [0.15, 0.2) is 56.9 Å². The molecule has 278 valence electrons. The average Bonchev–Trinajstić information content (AvgIpc) is 3.16. The number of aryl methyl sites for hydroxylation is 4. The van der Waals surface area contributed by atoms with Crippen molar-refractivity contribution in [1.29, 1.82) is 0 Å². The minimum absolute atomic E-state index is 0.323. The maximum absolute atomic E-state index is 13.4. The first-order chi connectivity index (χ1) is 24.1. The lowest BCUT2D eigenvalue weighted by atomic mass is 9.81. The van der Waals surface area contributed by atoms with Gasteiger partial charge in [-0.2, -0.15) is 0 Å². The smallest absolute Gasteiger partial charge is 0.497 e. The third kappa shape index (κ3) is 8.23. The van der Waals surface area contributed by atoms with E-state index < -0.39 is 30.8 Å². The van der Waals surface area contributed by atoms with E-state index >= 15 is 0 Å². The molecule has 0 saturated carbocycles. The predicted octanol–water partition coefficient (Wildman–Crippen LogP) is 13.0. The molecule has 0 aliphatic rings. The van der Waals surface area contributed by atoms with Gasteiger partial charge in [0.15, 0.2) is 0 Å². The SMILES string of the molecule is COc1cc(-c2cc(OC)cc(C(C)(C)C)c2Op2oc3c(C)cc(C)cc3c3cc(C)cc(C)c3o2)c(OC(=O)OC(C)(C)C)c(C(C)(C)C)c1. The summed E-state index contributed by atoms with van der Waals surface area (Å²) in [5.41, 5.74) is 6.67. The maximum Gasteiger partial charge on any atom is 0.514 e. The number of benzene rings is 4. The number of rotatable bonds is 6. The minimum atomic E-state index is -2.07. The lowest BCUT2D eigenvalue weighted by Gasteiger charge is -2.28. The van der Waals surface area contributed by atoms with E-state index in [0.717, 1.165) is 44.2 Å². The maximum atomic E-state index is 13.4. The average molecular weight is 729 g/mol. The standard InChI is InChI=1S/C43H53O8P/c1-24-16-26(3)36-30(18-24)31-19-25(2)17-27(4)37(31)50-52(49-36)51-39-33(21-29(46-15)23-35(39)42(8,9)10)32-20-28(45-14)22-34(41(5,6)7)38(32)47-40(44)48-43(11,12)13/h16-23H,1-15H3. The minimum Gasteiger partial charge on any atom is -0.497 e. The molecule has 9 heteroatoms. The molecule has 4 aromatic carbocycles. The second kappa shape index (κ2) is 14.1. The number of hydrogen-bond acceptors (Lipinski definition) is 8. The molecule has 0 radical (unpaired) electrons. The van der Waals surface area contributed by atoms with Gasteiger partial charge in [0.05, 0.1) is 14.2 Å². The molecule has 0 amide bonds. The molecule has 5 aromatic rings. The second-order valence-corrected chi connectivity index (χ2v) is 17.6. The molecule has 0 spiro atoms. The van der Waals surface area contributed by atoms with E-state index in [0.29, 0.717) is 45.3 Å². The van der Waals surface area contributed by atoms with Gasteiger partial charge in [0.2, 0.25) is 0 Å². The molecule has 0 aliphatic carbocycles. The summed E-state index contributed by atoms with van der Waals surface area (Å²) in [6, 6.07) is 16.0. The Morgan fingerprint density at radius 2 is 1.02 bits per heavy atom. The molecule has 0 fully saturated rings. The summed E-state index contributed by atoms with van der Waals surface area (Å²) in [5, 5.41) is 1.91. The van der Waals surface area contributed by atoms with E-state index in [4.69, 9.17) is 31.9 Å². The number of ether oxygens (including phenoxy) is 4. The summed E-state index contributed by atoms with van der Waals surface area (Å²) in [6.07, 6.45) is -0.824. The molecular weight excluding hydrogens is 675 g/mol. The fraction of sp³-hybridized carbons (Fsp3) is 0.419. The molecule has 8 nitrogen and oxygen atoms in total. The molecule has 0 N–H and O–H groups in total. The highest BCUT2D eigenvalue weighted by atomic mass is 31.1. The highest BCUT2D eigenvalue weighted by Crippen LogP contribution is 2.52. The van der Waals surface area contributed by atoms with Crippen molar-refractivity contribution in [2.75, 3.05) is 14.2 Å². The summed E-state index contributed by atoms with van der Waals surface area (Å²) < 4.78 is 44.2. The van der Waals surface area contributed by atoms with Gasteiger partial charge in [0.1, 0.15) is 39.8 Å². The third-order valence-electron chi connectivity index (χ3n) is 8.70. The van der Waals surface area contributed by atoms with Gasteiger partial charge in [-0.25, -0.2) is 4.79 Å². The number of carbonyl (C=O) groups is 1. The van der Waals surface area contributed by atoms with Crippen LogP contribution in [0.2, 0.25) is 0 Å². The molecule has 0 aliphatic heterocycles. The van der Waals surface area contributed by atoms with Crippen molar-refractivity contribution in [3.8, 4) is 34.1 Å². The number of methoxy groups -OCH3 is 2. The summed E-state index contributed by atoms with van der Waals surface area (Å²) in [6.45, 7) is 26.1. The number of hydrogen-bond donors (Lipinski definition) is 0. The molecule has 5 rings (SSSR count). The third-order valence-corrected chi connectivity index (χ3v) is 9.70. The molecule has 52 heavy (non-hydrogen) atoms. The van der Waals surface area contributed by atoms with Crippen molar-refractivity contribution in [2.24, 2.45) is 0 Å². The largest absolute Gasteiger partial charge is 0.514 e. The van der Waals surface area contributed by atoms with E-state index in [1.165, 1.54) is 0 Å². The predicted molar refractivity (Wildman–Crippen MR) is 211 cm³/mol. The zero-order valence-corrected chi connectivity index (χ0v) is 34.2. The van der Waals surface area contributed by atoms with E-state index in [1.54, 1.807) is 35.0 Å². The van der Waals surface area contributed by atoms with Crippen molar-refractivity contribution in [3.05, 3.63) is 81.9 Å². The summed E-state index contributed by atoms with van der Waals surface area (Å²) in [5.74, 6) is 2.00. The van der Waals surface area contributed by atoms with Crippen LogP contribution in [0.1, 0.15) is 95.7 Å². The molecular formula is C43H53O8P. The lowest BCUT2D eigenvalue weighted by Crippen LogP contribution is -2.27. The van der Waals surface area contributed by atoms with E-state index in [2.05, 4.69) is 79.7 Å². The molecule has 0 saturated heterocycles. The Bertz CT molecular complexity index is 2140. The van der Waals surface area contributed by atoms with Crippen LogP contribution in [0.5, 0.6) is 23.0 Å². The van der Waals surface area contributed by atoms with Crippen LogP contribution in [0.3, 0.4) is 0 Å². The van der Waals surface area contributed by atoms with Crippen LogP contribution in [0.25, 0.3) is 33.1 Å². The Morgan fingerprint density at radius 1 is 0.596 bits per heavy atom. The van der Waals surface area contributed by atoms with Crippen molar-refractivity contribution in [2.45, 2.75) is 106 Å². The van der Waals surface area contributed by atoms with Gasteiger partial charge >= 0.3 is 14.4 Å². The van der Waals surface area contributed by atoms with Gasteiger partial charge in [0, 0.05) is 33.0 Å². The Hall–Kier alpha value is -4.55. The fourth-order valence-corrected chi connectivity index (χ4v) is 7.59. The quantitative estimate of drug-likeness (QED) is 0.126. The van der Waals surface area contributed by atoms with Crippen LogP contribution in [-0.4, -0.2) is 26.0 Å². The van der Waals surface area contributed by atoms with Crippen LogP contribution in [0, 0.1) is 27.7 Å². The summed E-state index contributed by atoms with van der Waals surface area (Å²) in [7, 11) is 1.17. The Labute approximate surface area is 309 Å². The van der Waals surface area contributed by atoms with Gasteiger partial charge in [-0.05, 0) is 118 Å². The van der Waals surface area contributed by atoms with Gasteiger partial charge < -0.3 is 31.9 Å². The van der Waals surface area contributed by atoms with Crippen LogP contribution < -0.4 is 18.7 Å². The normalized spacial score (nSPS) is 12.2. The number of fused-ring (bicyclic) bond motifs is 3. The molecule has 1 aromatic heterocycles. The first-order valence-corrected chi connectivity index (χ1v) is 18.6. The Morgan fingerprint density at radius 3 is 1.42 bits per heavy atom. The highest BCUT2D eigenvalue weighted by molar-refractivity contribution is 7.32. The summed E-state index contributed by atoms with van der Waals surface area (Å²) >= 11 is 0. The molecule has 0 atom stereocenters. The van der Waals surface area contributed by atoms with Crippen molar-refractivity contribution >= 4 is 36.3 Å². The second-order valence-electron chi connectivity index (χ2n) is 16.6. The monoisotopic (exact) mass is 728 g/mol.